The highest BCUT2D eigenvalue weighted by Gasteiger charge is 2.34. The van der Waals surface area contributed by atoms with Crippen LogP contribution < -0.4 is 20.1 Å². The Morgan fingerprint density at radius 3 is 2.67 bits per heavy atom. The molecule has 1 aromatic carbocycles. The van der Waals surface area contributed by atoms with Gasteiger partial charge in [0.1, 0.15) is 0 Å². The molecule has 2 fully saturated rings. The summed E-state index contributed by atoms with van der Waals surface area (Å²) in [7, 11) is 1.65. The summed E-state index contributed by atoms with van der Waals surface area (Å²) in [5.41, 5.74) is 1.04. The SMILES string of the molecule is CCCCOc1ccc(C(C)NC(=O)CC2CC3CCC(C2)N3)cc1OC. The van der Waals surface area contributed by atoms with Crippen molar-refractivity contribution in [2.24, 2.45) is 5.92 Å². The summed E-state index contributed by atoms with van der Waals surface area (Å²) in [6.07, 6.45) is 7.56. The molecule has 2 bridgehead atoms. The minimum Gasteiger partial charge on any atom is -0.493 e. The molecule has 1 aromatic rings. The Labute approximate surface area is 163 Å². The Bertz CT molecular complexity index is 622. The lowest BCUT2D eigenvalue weighted by molar-refractivity contribution is -0.122. The number of carbonyl (C=O) groups is 1. The van der Waals surface area contributed by atoms with Crippen molar-refractivity contribution in [3.8, 4) is 11.5 Å². The van der Waals surface area contributed by atoms with E-state index < -0.39 is 0 Å². The molecule has 150 valence electrons. The molecule has 5 nitrogen and oxygen atoms in total. The molecule has 2 heterocycles. The predicted molar refractivity (Wildman–Crippen MR) is 107 cm³/mol. The maximum absolute atomic E-state index is 12.5. The number of methoxy groups -OCH3 is 1. The summed E-state index contributed by atoms with van der Waals surface area (Å²) in [6.45, 7) is 4.86. The van der Waals surface area contributed by atoms with Gasteiger partial charge in [-0.15, -0.1) is 0 Å². The molecule has 2 N–H and O–H groups in total. The molecule has 0 aromatic heterocycles. The molecule has 1 amide bonds. The van der Waals surface area contributed by atoms with Gasteiger partial charge in [-0.25, -0.2) is 0 Å². The Morgan fingerprint density at radius 2 is 2.00 bits per heavy atom. The first-order valence-corrected chi connectivity index (χ1v) is 10.4. The number of nitrogens with one attached hydrogen (secondary N) is 2. The van der Waals surface area contributed by atoms with Gasteiger partial charge < -0.3 is 20.1 Å². The summed E-state index contributed by atoms with van der Waals surface area (Å²) in [6, 6.07) is 7.13. The van der Waals surface area contributed by atoms with Gasteiger partial charge in [0.15, 0.2) is 11.5 Å². The molecule has 3 unspecified atom stereocenters. The van der Waals surface area contributed by atoms with E-state index >= 15 is 0 Å². The van der Waals surface area contributed by atoms with Crippen LogP contribution in [0, 0.1) is 5.92 Å². The monoisotopic (exact) mass is 374 g/mol. The molecule has 3 atom stereocenters. The van der Waals surface area contributed by atoms with Crippen LogP contribution in [0.25, 0.3) is 0 Å². The zero-order valence-corrected chi connectivity index (χ0v) is 16.9. The number of ether oxygens (including phenoxy) is 2. The molecule has 5 heteroatoms. The Balaban J connectivity index is 1.53. The number of rotatable bonds is 9. The summed E-state index contributed by atoms with van der Waals surface area (Å²) in [4.78, 5) is 12.5. The summed E-state index contributed by atoms with van der Waals surface area (Å²) in [5.74, 6) is 2.15. The second-order valence-electron chi connectivity index (χ2n) is 8.08. The third-order valence-electron chi connectivity index (χ3n) is 5.87. The molecular weight excluding hydrogens is 340 g/mol. The standard InChI is InChI=1S/C22H34N2O3/c1-4-5-10-27-20-9-6-17(14-21(20)26-3)15(2)23-22(25)13-16-11-18-7-8-19(12-16)24-18/h6,9,14-16,18-19,24H,4-5,7-8,10-13H2,1-3H3,(H,23,25). The van der Waals surface area contributed by atoms with Crippen molar-refractivity contribution in [2.45, 2.75) is 76.9 Å². The van der Waals surface area contributed by atoms with Crippen LogP contribution in [0.4, 0.5) is 0 Å². The van der Waals surface area contributed by atoms with Gasteiger partial charge in [0.25, 0.3) is 0 Å². The van der Waals surface area contributed by atoms with E-state index in [1.807, 2.05) is 25.1 Å². The van der Waals surface area contributed by atoms with Gasteiger partial charge in [-0.05, 0) is 62.6 Å². The molecule has 2 aliphatic heterocycles. The Kier molecular flexibility index (Phi) is 7.00. The lowest BCUT2D eigenvalue weighted by Crippen LogP contribution is -2.40. The first kappa shape index (κ1) is 20.0. The predicted octanol–water partition coefficient (Wildman–Crippen LogP) is 3.97. The zero-order chi connectivity index (χ0) is 19.2. The van der Waals surface area contributed by atoms with Crippen molar-refractivity contribution < 1.29 is 14.3 Å². The lowest BCUT2D eigenvalue weighted by atomic mass is 9.89. The number of hydrogen-bond donors (Lipinski definition) is 2. The largest absolute Gasteiger partial charge is 0.493 e. The van der Waals surface area contributed by atoms with E-state index in [4.69, 9.17) is 9.47 Å². The van der Waals surface area contributed by atoms with Crippen molar-refractivity contribution in [2.75, 3.05) is 13.7 Å². The van der Waals surface area contributed by atoms with Crippen molar-refractivity contribution >= 4 is 5.91 Å². The van der Waals surface area contributed by atoms with E-state index in [0.717, 1.165) is 42.7 Å². The van der Waals surface area contributed by atoms with Gasteiger partial charge in [0.05, 0.1) is 19.8 Å². The van der Waals surface area contributed by atoms with Crippen LogP contribution in [-0.4, -0.2) is 31.7 Å². The zero-order valence-electron chi connectivity index (χ0n) is 16.9. The van der Waals surface area contributed by atoms with Crippen LogP contribution in [0.1, 0.15) is 70.4 Å². The average molecular weight is 375 g/mol. The van der Waals surface area contributed by atoms with E-state index in [9.17, 15) is 4.79 Å². The van der Waals surface area contributed by atoms with E-state index in [-0.39, 0.29) is 11.9 Å². The molecule has 3 rings (SSSR count). The number of hydrogen-bond acceptors (Lipinski definition) is 4. The van der Waals surface area contributed by atoms with Crippen molar-refractivity contribution in [1.82, 2.24) is 10.6 Å². The van der Waals surface area contributed by atoms with Crippen LogP contribution >= 0.6 is 0 Å². The normalized spacial score (nSPS) is 25.1. The fourth-order valence-electron chi connectivity index (χ4n) is 4.39. The second kappa shape index (κ2) is 9.45. The van der Waals surface area contributed by atoms with Gasteiger partial charge in [0.2, 0.25) is 5.91 Å². The third-order valence-corrected chi connectivity index (χ3v) is 5.87. The van der Waals surface area contributed by atoms with Crippen LogP contribution in [0.5, 0.6) is 11.5 Å². The highest BCUT2D eigenvalue weighted by Crippen LogP contribution is 2.33. The van der Waals surface area contributed by atoms with E-state index in [1.165, 1.54) is 12.8 Å². The van der Waals surface area contributed by atoms with Crippen LogP contribution in [0.3, 0.4) is 0 Å². The van der Waals surface area contributed by atoms with Gasteiger partial charge in [0, 0.05) is 18.5 Å². The fraction of sp³-hybridized carbons (Fsp3) is 0.682. The second-order valence-corrected chi connectivity index (χ2v) is 8.08. The van der Waals surface area contributed by atoms with Crippen molar-refractivity contribution in [3.05, 3.63) is 23.8 Å². The first-order valence-electron chi connectivity index (χ1n) is 10.4. The van der Waals surface area contributed by atoms with Gasteiger partial charge >= 0.3 is 0 Å². The summed E-state index contributed by atoms with van der Waals surface area (Å²) in [5, 5.41) is 6.80. The summed E-state index contributed by atoms with van der Waals surface area (Å²) < 4.78 is 11.3. The Hall–Kier alpha value is -1.75. The molecule has 0 spiro atoms. The third kappa shape index (κ3) is 5.38. The maximum atomic E-state index is 12.5. The van der Waals surface area contributed by atoms with Gasteiger partial charge in [-0.3, -0.25) is 4.79 Å². The smallest absolute Gasteiger partial charge is 0.220 e. The average Bonchev–Trinajstić information content (AvgIpc) is 3.00. The number of carbonyl (C=O) groups excluding carboxylic acids is 1. The number of unbranched alkanes of at least 4 members (excludes halogenated alkanes) is 1. The van der Waals surface area contributed by atoms with Crippen LogP contribution in [-0.2, 0) is 4.79 Å². The molecule has 0 aliphatic carbocycles. The number of fused-ring (bicyclic) bond motifs is 2. The van der Waals surface area contributed by atoms with E-state index in [1.54, 1.807) is 7.11 Å². The highest BCUT2D eigenvalue weighted by atomic mass is 16.5. The first-order chi connectivity index (χ1) is 13.1. The topological polar surface area (TPSA) is 59.6 Å². The molecule has 2 saturated heterocycles. The number of amides is 1. The van der Waals surface area contributed by atoms with Gasteiger partial charge in [-0.2, -0.15) is 0 Å². The minimum absolute atomic E-state index is 0.0467. The van der Waals surface area contributed by atoms with Crippen LogP contribution in [0.2, 0.25) is 0 Å². The molecule has 0 saturated carbocycles. The number of piperidine rings is 1. The van der Waals surface area contributed by atoms with E-state index in [2.05, 4.69) is 17.6 Å². The lowest BCUT2D eigenvalue weighted by Gasteiger charge is -2.29. The summed E-state index contributed by atoms with van der Waals surface area (Å²) >= 11 is 0. The molecule has 27 heavy (non-hydrogen) atoms. The number of benzene rings is 1. The van der Waals surface area contributed by atoms with E-state index in [0.29, 0.717) is 31.0 Å². The maximum Gasteiger partial charge on any atom is 0.220 e. The quantitative estimate of drug-likeness (QED) is 0.642. The van der Waals surface area contributed by atoms with Crippen LogP contribution in [0.15, 0.2) is 18.2 Å². The highest BCUT2D eigenvalue weighted by molar-refractivity contribution is 5.76. The fourth-order valence-corrected chi connectivity index (χ4v) is 4.39. The van der Waals surface area contributed by atoms with Crippen molar-refractivity contribution in [1.29, 1.82) is 0 Å². The minimum atomic E-state index is -0.0467. The molecular formula is C22H34N2O3. The molecule has 2 aliphatic rings. The van der Waals surface area contributed by atoms with Gasteiger partial charge in [-0.1, -0.05) is 19.4 Å². The Morgan fingerprint density at radius 1 is 1.26 bits per heavy atom. The molecule has 0 radical (unpaired) electrons. The van der Waals surface area contributed by atoms with Crippen molar-refractivity contribution in [3.63, 3.8) is 0 Å².